The van der Waals surface area contributed by atoms with Gasteiger partial charge in [-0.3, -0.25) is 9.59 Å². The Morgan fingerprint density at radius 3 is 1.11 bits per heavy atom. The molecular formula is C65H123NO5. The van der Waals surface area contributed by atoms with Gasteiger partial charge in [0.15, 0.2) is 0 Å². The maximum absolute atomic E-state index is 12.4. The number of carbonyl (C=O) groups excluding carboxylic acids is 2. The summed E-state index contributed by atoms with van der Waals surface area (Å²) >= 11 is 0. The van der Waals surface area contributed by atoms with Crippen LogP contribution in [0, 0.1) is 0 Å². The van der Waals surface area contributed by atoms with E-state index in [4.69, 9.17) is 4.74 Å². The average molecular weight is 999 g/mol. The number of carbonyl (C=O) groups is 2. The predicted molar refractivity (Wildman–Crippen MR) is 310 cm³/mol. The summed E-state index contributed by atoms with van der Waals surface area (Å²) in [4.78, 5) is 24.5. The summed E-state index contributed by atoms with van der Waals surface area (Å²) in [5.74, 6) is -0.0316. The number of nitrogens with one attached hydrogen (secondary N) is 1. The van der Waals surface area contributed by atoms with E-state index in [1.807, 2.05) is 0 Å². The second-order valence-electron chi connectivity index (χ2n) is 21.7. The van der Waals surface area contributed by atoms with Gasteiger partial charge in [0, 0.05) is 12.8 Å². The molecule has 0 aromatic carbocycles. The molecule has 418 valence electrons. The zero-order valence-electron chi connectivity index (χ0n) is 47.7. The van der Waals surface area contributed by atoms with Crippen LogP contribution in [0.3, 0.4) is 0 Å². The molecule has 0 rings (SSSR count). The van der Waals surface area contributed by atoms with E-state index in [-0.39, 0.29) is 18.5 Å². The number of esters is 1. The van der Waals surface area contributed by atoms with Crippen molar-refractivity contribution in [2.45, 2.75) is 353 Å². The standard InChI is InChI=1S/C65H123NO5/c1-3-5-7-9-11-13-15-39-43-47-51-55-59-65(70)71-60-56-52-48-44-40-36-34-32-30-28-26-24-22-20-18-16-17-19-21-23-25-27-29-31-33-35-38-42-46-50-54-58-64(69)66-62(61-67)63(68)57-53-49-45-41-37-14-12-10-8-6-4-2/h11,13,18,20,24,26,62-63,67-68H,3-10,12,14-17,19,21-23,25,27-61H2,1-2H3,(H,66,69)/b13-11-,20-18-,26-24-. The van der Waals surface area contributed by atoms with Gasteiger partial charge in [0.1, 0.15) is 0 Å². The van der Waals surface area contributed by atoms with Gasteiger partial charge in [-0.05, 0) is 83.5 Å². The number of rotatable bonds is 59. The summed E-state index contributed by atoms with van der Waals surface area (Å²) < 4.78 is 5.46. The van der Waals surface area contributed by atoms with Crippen LogP contribution in [-0.4, -0.2) is 47.4 Å². The number of ether oxygens (including phenoxy) is 1. The van der Waals surface area contributed by atoms with Crippen LogP contribution in [-0.2, 0) is 14.3 Å². The van der Waals surface area contributed by atoms with Crippen molar-refractivity contribution >= 4 is 11.9 Å². The van der Waals surface area contributed by atoms with E-state index in [0.29, 0.717) is 25.9 Å². The second-order valence-corrected chi connectivity index (χ2v) is 21.7. The SMILES string of the molecule is CCCCC/C=C\CCCCCCCC(=O)OCCCCCCCCCCC/C=C\C/C=C\CCCCCCCCCCCCCCCCCC(=O)NC(CO)C(O)CCCCCCCCCCCCC. The lowest BCUT2D eigenvalue weighted by atomic mass is 10.0. The van der Waals surface area contributed by atoms with Gasteiger partial charge in [0.2, 0.25) is 5.91 Å². The highest BCUT2D eigenvalue weighted by Gasteiger charge is 2.20. The van der Waals surface area contributed by atoms with Gasteiger partial charge in [-0.1, -0.05) is 281 Å². The topological polar surface area (TPSA) is 95.9 Å². The number of amides is 1. The Morgan fingerprint density at radius 1 is 0.394 bits per heavy atom. The monoisotopic (exact) mass is 998 g/mol. The third-order valence-electron chi connectivity index (χ3n) is 14.7. The number of hydrogen-bond acceptors (Lipinski definition) is 5. The molecule has 0 heterocycles. The first-order chi connectivity index (χ1) is 35.0. The lowest BCUT2D eigenvalue weighted by Crippen LogP contribution is -2.45. The Hall–Kier alpha value is -1.92. The molecule has 0 aromatic rings. The summed E-state index contributed by atoms with van der Waals surface area (Å²) in [6.45, 7) is 4.93. The molecular weight excluding hydrogens is 875 g/mol. The van der Waals surface area contributed by atoms with Crippen molar-refractivity contribution in [3.63, 3.8) is 0 Å². The van der Waals surface area contributed by atoms with Crippen LogP contribution in [0.15, 0.2) is 36.5 Å². The fourth-order valence-corrected chi connectivity index (χ4v) is 9.78. The average Bonchev–Trinajstić information content (AvgIpc) is 3.37. The molecule has 6 nitrogen and oxygen atoms in total. The Kier molecular flexibility index (Phi) is 59.0. The first-order valence-electron chi connectivity index (χ1n) is 31.7. The summed E-state index contributed by atoms with van der Waals surface area (Å²) in [5, 5.41) is 23.2. The minimum atomic E-state index is -0.662. The number of unbranched alkanes of at least 4 members (excludes halogenated alkanes) is 42. The van der Waals surface area contributed by atoms with Crippen molar-refractivity contribution in [3.8, 4) is 0 Å². The highest BCUT2D eigenvalue weighted by molar-refractivity contribution is 5.76. The predicted octanol–water partition coefficient (Wildman–Crippen LogP) is 20.0. The molecule has 0 spiro atoms. The van der Waals surface area contributed by atoms with Crippen LogP contribution in [0.1, 0.15) is 341 Å². The van der Waals surface area contributed by atoms with Crippen LogP contribution in [0.4, 0.5) is 0 Å². The number of aliphatic hydroxyl groups is 2. The molecule has 2 unspecified atom stereocenters. The Balaban J connectivity index is 3.38. The molecule has 2 atom stereocenters. The Labute approximate surface area is 443 Å². The maximum atomic E-state index is 12.4. The molecule has 0 aromatic heterocycles. The summed E-state index contributed by atoms with van der Waals surface area (Å²) in [7, 11) is 0. The fourth-order valence-electron chi connectivity index (χ4n) is 9.78. The normalized spacial score (nSPS) is 12.8. The summed E-state index contributed by atoms with van der Waals surface area (Å²) in [6.07, 6.45) is 76.0. The quantitative estimate of drug-likeness (QED) is 0.0321. The zero-order valence-corrected chi connectivity index (χ0v) is 47.7. The van der Waals surface area contributed by atoms with Gasteiger partial charge < -0.3 is 20.3 Å². The van der Waals surface area contributed by atoms with E-state index in [1.54, 1.807) is 0 Å². The smallest absolute Gasteiger partial charge is 0.305 e. The van der Waals surface area contributed by atoms with E-state index in [9.17, 15) is 19.8 Å². The van der Waals surface area contributed by atoms with Crippen molar-refractivity contribution in [1.82, 2.24) is 5.32 Å². The van der Waals surface area contributed by atoms with Crippen molar-refractivity contribution in [1.29, 1.82) is 0 Å². The molecule has 3 N–H and O–H groups in total. The third-order valence-corrected chi connectivity index (χ3v) is 14.7. The van der Waals surface area contributed by atoms with Crippen molar-refractivity contribution in [2.24, 2.45) is 0 Å². The molecule has 0 fully saturated rings. The molecule has 0 bridgehead atoms. The number of allylic oxidation sites excluding steroid dienone is 6. The molecule has 0 radical (unpaired) electrons. The van der Waals surface area contributed by atoms with Gasteiger partial charge in [-0.15, -0.1) is 0 Å². The van der Waals surface area contributed by atoms with Crippen LogP contribution < -0.4 is 5.32 Å². The van der Waals surface area contributed by atoms with E-state index in [0.717, 1.165) is 51.4 Å². The van der Waals surface area contributed by atoms with Crippen molar-refractivity contribution < 1.29 is 24.5 Å². The molecule has 0 aliphatic carbocycles. The van der Waals surface area contributed by atoms with Crippen molar-refractivity contribution in [3.05, 3.63) is 36.5 Å². The molecule has 6 heteroatoms. The fraction of sp³-hybridized carbons (Fsp3) is 0.877. The van der Waals surface area contributed by atoms with Crippen LogP contribution in [0.25, 0.3) is 0 Å². The Morgan fingerprint density at radius 2 is 0.704 bits per heavy atom. The van der Waals surface area contributed by atoms with E-state index in [1.165, 1.54) is 257 Å². The van der Waals surface area contributed by atoms with Gasteiger partial charge in [-0.2, -0.15) is 0 Å². The van der Waals surface area contributed by atoms with E-state index in [2.05, 4.69) is 55.6 Å². The highest BCUT2D eigenvalue weighted by Crippen LogP contribution is 2.17. The van der Waals surface area contributed by atoms with Gasteiger partial charge in [0.25, 0.3) is 0 Å². The molecule has 0 saturated carbocycles. The minimum Gasteiger partial charge on any atom is -0.466 e. The third kappa shape index (κ3) is 57.2. The molecule has 0 aliphatic rings. The van der Waals surface area contributed by atoms with Crippen LogP contribution >= 0.6 is 0 Å². The number of aliphatic hydroxyl groups excluding tert-OH is 2. The Bertz CT molecular complexity index is 1150. The van der Waals surface area contributed by atoms with Gasteiger partial charge in [0.05, 0.1) is 25.4 Å². The van der Waals surface area contributed by atoms with Crippen molar-refractivity contribution in [2.75, 3.05) is 13.2 Å². The molecule has 0 aliphatic heterocycles. The zero-order chi connectivity index (χ0) is 51.4. The maximum Gasteiger partial charge on any atom is 0.305 e. The lowest BCUT2D eigenvalue weighted by molar-refractivity contribution is -0.143. The summed E-state index contributed by atoms with van der Waals surface area (Å²) in [6, 6.07) is -0.539. The first kappa shape index (κ1) is 69.1. The molecule has 0 saturated heterocycles. The van der Waals surface area contributed by atoms with Crippen LogP contribution in [0.5, 0.6) is 0 Å². The van der Waals surface area contributed by atoms with E-state index < -0.39 is 12.1 Å². The van der Waals surface area contributed by atoms with E-state index >= 15 is 0 Å². The molecule has 1 amide bonds. The van der Waals surface area contributed by atoms with Gasteiger partial charge in [-0.25, -0.2) is 0 Å². The number of hydrogen-bond donors (Lipinski definition) is 3. The molecule has 71 heavy (non-hydrogen) atoms. The minimum absolute atomic E-state index is 0.00292. The highest BCUT2D eigenvalue weighted by atomic mass is 16.5. The van der Waals surface area contributed by atoms with Crippen LogP contribution in [0.2, 0.25) is 0 Å². The summed E-state index contributed by atoms with van der Waals surface area (Å²) in [5.41, 5.74) is 0. The van der Waals surface area contributed by atoms with Gasteiger partial charge >= 0.3 is 5.97 Å². The lowest BCUT2D eigenvalue weighted by Gasteiger charge is -2.22. The first-order valence-corrected chi connectivity index (χ1v) is 31.7. The largest absolute Gasteiger partial charge is 0.466 e. The second kappa shape index (κ2) is 60.6.